The predicted molar refractivity (Wildman–Crippen MR) is 87.0 cm³/mol. The SMILES string of the molecule is CC(=O)N1CCc2cc(-c3cncc(C(C)(O)C(F)(F)F)c3)cc(F)c21. The number of benzene rings is 1. The maximum Gasteiger partial charge on any atom is 0.421 e. The third-order valence-corrected chi connectivity index (χ3v) is 4.58. The Morgan fingerprint density at radius 2 is 1.88 bits per heavy atom. The van der Waals surface area contributed by atoms with E-state index in [1.807, 2.05) is 0 Å². The van der Waals surface area contributed by atoms with Gasteiger partial charge in [-0.3, -0.25) is 9.78 Å². The summed E-state index contributed by atoms with van der Waals surface area (Å²) in [6, 6.07) is 3.92. The first-order valence-electron chi connectivity index (χ1n) is 7.88. The number of hydrogen-bond acceptors (Lipinski definition) is 3. The molecule has 0 bridgehead atoms. The Labute approximate surface area is 147 Å². The van der Waals surface area contributed by atoms with Crippen molar-refractivity contribution in [3.63, 3.8) is 0 Å². The van der Waals surface area contributed by atoms with Crippen LogP contribution in [0.5, 0.6) is 0 Å². The van der Waals surface area contributed by atoms with Crippen LogP contribution in [0.15, 0.2) is 30.6 Å². The third-order valence-electron chi connectivity index (χ3n) is 4.58. The van der Waals surface area contributed by atoms with Crippen molar-refractivity contribution in [3.05, 3.63) is 47.5 Å². The second-order valence-corrected chi connectivity index (χ2v) is 6.42. The molecule has 0 aliphatic carbocycles. The van der Waals surface area contributed by atoms with Crippen LogP contribution in [-0.4, -0.2) is 28.7 Å². The van der Waals surface area contributed by atoms with Crippen LogP contribution in [0.3, 0.4) is 0 Å². The Morgan fingerprint density at radius 1 is 1.19 bits per heavy atom. The normalized spacial score (nSPS) is 16.3. The molecule has 26 heavy (non-hydrogen) atoms. The van der Waals surface area contributed by atoms with Crippen LogP contribution in [-0.2, 0) is 16.8 Å². The summed E-state index contributed by atoms with van der Waals surface area (Å²) >= 11 is 0. The number of aliphatic hydroxyl groups is 1. The number of rotatable bonds is 2. The van der Waals surface area contributed by atoms with Gasteiger partial charge in [0.2, 0.25) is 5.91 Å². The first kappa shape index (κ1) is 18.3. The summed E-state index contributed by atoms with van der Waals surface area (Å²) in [4.78, 5) is 16.7. The molecule has 1 aromatic heterocycles. The molecule has 1 unspecified atom stereocenters. The molecule has 1 N–H and O–H groups in total. The van der Waals surface area contributed by atoms with Gasteiger partial charge in [0.15, 0.2) is 5.60 Å². The monoisotopic (exact) mass is 368 g/mol. The number of fused-ring (bicyclic) bond motifs is 1. The molecule has 2 aromatic rings. The van der Waals surface area contributed by atoms with E-state index in [1.165, 1.54) is 18.0 Å². The zero-order valence-corrected chi connectivity index (χ0v) is 14.1. The lowest BCUT2D eigenvalue weighted by Crippen LogP contribution is -2.39. The minimum Gasteiger partial charge on any atom is -0.376 e. The number of anilines is 1. The lowest BCUT2D eigenvalue weighted by atomic mass is 9.94. The van der Waals surface area contributed by atoms with Crippen LogP contribution in [0.25, 0.3) is 11.1 Å². The number of halogens is 4. The van der Waals surface area contributed by atoms with Crippen molar-refractivity contribution in [1.82, 2.24) is 4.98 Å². The standard InChI is InChI=1S/C18H16F4N2O2/c1-10(25)24-4-3-11-5-12(7-15(19)16(11)24)13-6-14(9-23-8-13)17(2,26)18(20,21)22/h5-9,26H,3-4H2,1-2H3. The zero-order chi connectivity index (χ0) is 19.3. The van der Waals surface area contributed by atoms with Crippen LogP contribution < -0.4 is 4.90 Å². The smallest absolute Gasteiger partial charge is 0.376 e. The maximum absolute atomic E-state index is 14.5. The molecule has 138 valence electrons. The maximum atomic E-state index is 14.5. The van der Waals surface area contributed by atoms with Gasteiger partial charge in [-0.25, -0.2) is 4.39 Å². The molecule has 8 heteroatoms. The van der Waals surface area contributed by atoms with Crippen molar-refractivity contribution in [3.8, 4) is 11.1 Å². The lowest BCUT2D eigenvalue weighted by Gasteiger charge is -2.26. The van der Waals surface area contributed by atoms with Gasteiger partial charge >= 0.3 is 6.18 Å². The van der Waals surface area contributed by atoms with Gasteiger partial charge in [0.25, 0.3) is 0 Å². The Hall–Kier alpha value is -2.48. The predicted octanol–water partition coefficient (Wildman–Crippen LogP) is 3.57. The fourth-order valence-corrected chi connectivity index (χ4v) is 3.00. The van der Waals surface area contributed by atoms with Crippen molar-refractivity contribution in [2.75, 3.05) is 11.4 Å². The molecule has 0 saturated heterocycles. The Bertz CT molecular complexity index is 878. The molecule has 0 saturated carbocycles. The van der Waals surface area contributed by atoms with Gasteiger partial charge in [-0.2, -0.15) is 13.2 Å². The van der Waals surface area contributed by atoms with E-state index in [2.05, 4.69) is 4.98 Å². The van der Waals surface area contributed by atoms with Gasteiger partial charge in [0, 0.05) is 37.0 Å². The van der Waals surface area contributed by atoms with E-state index in [1.54, 1.807) is 6.07 Å². The van der Waals surface area contributed by atoms with Gasteiger partial charge < -0.3 is 10.0 Å². The first-order chi connectivity index (χ1) is 12.0. The highest BCUT2D eigenvalue weighted by molar-refractivity contribution is 5.94. The quantitative estimate of drug-likeness (QED) is 0.825. The number of pyridine rings is 1. The summed E-state index contributed by atoms with van der Waals surface area (Å²) in [6.45, 7) is 2.34. The Kier molecular flexibility index (Phi) is 4.26. The molecule has 1 atom stereocenters. The van der Waals surface area contributed by atoms with Crippen molar-refractivity contribution < 1.29 is 27.5 Å². The van der Waals surface area contributed by atoms with Crippen LogP contribution in [0, 0.1) is 5.82 Å². The van der Waals surface area contributed by atoms with E-state index in [9.17, 15) is 27.5 Å². The minimum atomic E-state index is -4.88. The molecular formula is C18H16F4N2O2. The number of alkyl halides is 3. The molecule has 1 aromatic carbocycles. The molecular weight excluding hydrogens is 352 g/mol. The van der Waals surface area contributed by atoms with Crippen LogP contribution in [0.1, 0.15) is 25.0 Å². The molecule has 3 rings (SSSR count). The molecule has 1 aliphatic rings. The van der Waals surface area contributed by atoms with Gasteiger partial charge in [-0.15, -0.1) is 0 Å². The average Bonchev–Trinajstić information content (AvgIpc) is 2.98. The number of nitrogens with zero attached hydrogens (tertiary/aromatic N) is 2. The van der Waals surface area contributed by atoms with E-state index < -0.39 is 23.2 Å². The van der Waals surface area contributed by atoms with E-state index in [4.69, 9.17) is 0 Å². The van der Waals surface area contributed by atoms with Crippen LogP contribution >= 0.6 is 0 Å². The summed E-state index contributed by atoms with van der Waals surface area (Å²) in [5.74, 6) is -0.904. The van der Waals surface area contributed by atoms with E-state index in [-0.39, 0.29) is 17.2 Å². The highest BCUT2D eigenvalue weighted by Gasteiger charge is 2.51. The molecule has 0 fully saturated rings. The molecule has 0 radical (unpaired) electrons. The zero-order valence-electron chi connectivity index (χ0n) is 14.1. The summed E-state index contributed by atoms with van der Waals surface area (Å²) in [7, 11) is 0. The van der Waals surface area contributed by atoms with Gasteiger partial charge in [0.05, 0.1) is 5.69 Å². The average molecular weight is 368 g/mol. The first-order valence-corrected chi connectivity index (χ1v) is 7.88. The third kappa shape index (κ3) is 2.94. The van der Waals surface area contributed by atoms with Crippen molar-refractivity contribution >= 4 is 11.6 Å². The number of hydrogen-bond donors (Lipinski definition) is 1. The van der Waals surface area contributed by atoms with Crippen LogP contribution in [0.2, 0.25) is 0 Å². The molecule has 0 spiro atoms. The van der Waals surface area contributed by atoms with Crippen LogP contribution in [0.4, 0.5) is 23.2 Å². The van der Waals surface area contributed by atoms with E-state index >= 15 is 0 Å². The number of carbonyl (C=O) groups is 1. The Morgan fingerprint density at radius 3 is 2.50 bits per heavy atom. The molecule has 4 nitrogen and oxygen atoms in total. The highest BCUT2D eigenvalue weighted by atomic mass is 19.4. The fraction of sp³-hybridized carbons (Fsp3) is 0.333. The topological polar surface area (TPSA) is 53.4 Å². The second-order valence-electron chi connectivity index (χ2n) is 6.42. The summed E-state index contributed by atoms with van der Waals surface area (Å²) < 4.78 is 53.6. The fourth-order valence-electron chi connectivity index (χ4n) is 3.00. The molecule has 2 heterocycles. The van der Waals surface area contributed by atoms with Crippen molar-refractivity contribution in [2.45, 2.75) is 32.0 Å². The lowest BCUT2D eigenvalue weighted by molar-refractivity contribution is -0.259. The number of amides is 1. The summed E-state index contributed by atoms with van der Waals surface area (Å²) in [5, 5.41) is 9.82. The number of carbonyl (C=O) groups excluding carboxylic acids is 1. The number of aromatic nitrogens is 1. The summed E-state index contributed by atoms with van der Waals surface area (Å²) in [5.41, 5.74) is -2.13. The Balaban J connectivity index is 2.06. The van der Waals surface area contributed by atoms with Gasteiger partial charge in [-0.05, 0) is 42.7 Å². The van der Waals surface area contributed by atoms with Crippen molar-refractivity contribution in [1.29, 1.82) is 0 Å². The van der Waals surface area contributed by atoms with Crippen molar-refractivity contribution in [2.24, 2.45) is 0 Å². The largest absolute Gasteiger partial charge is 0.421 e. The van der Waals surface area contributed by atoms with Gasteiger partial charge in [0.1, 0.15) is 5.82 Å². The minimum absolute atomic E-state index is 0.202. The summed E-state index contributed by atoms with van der Waals surface area (Å²) in [6.07, 6.45) is -2.20. The van der Waals surface area contributed by atoms with Gasteiger partial charge in [-0.1, -0.05) is 0 Å². The van der Waals surface area contributed by atoms with E-state index in [0.717, 1.165) is 18.3 Å². The molecule has 1 aliphatic heterocycles. The second kappa shape index (κ2) is 6.05. The van der Waals surface area contributed by atoms with E-state index in [0.29, 0.717) is 31.0 Å². The molecule has 1 amide bonds. The highest BCUT2D eigenvalue weighted by Crippen LogP contribution is 2.40.